The number of hydroxylamine groups is 1. The molecule has 0 bridgehead atoms. The van der Waals surface area contributed by atoms with Crippen LogP contribution in [0.3, 0.4) is 0 Å². The van der Waals surface area contributed by atoms with Crippen LogP contribution in [0.25, 0.3) is 22.0 Å². The molecular formula is C25H27N3O3. The van der Waals surface area contributed by atoms with E-state index >= 15 is 0 Å². The van der Waals surface area contributed by atoms with Gasteiger partial charge in [0.1, 0.15) is 11.4 Å². The fourth-order valence-electron chi connectivity index (χ4n) is 4.91. The maximum atomic E-state index is 12.0. The highest BCUT2D eigenvalue weighted by Crippen LogP contribution is 2.41. The number of carbonyl (C=O) groups is 1. The quantitative estimate of drug-likeness (QED) is 0.617. The van der Waals surface area contributed by atoms with Crippen molar-refractivity contribution in [1.82, 2.24) is 15.4 Å². The van der Waals surface area contributed by atoms with Gasteiger partial charge in [-0.15, -0.1) is 0 Å². The summed E-state index contributed by atoms with van der Waals surface area (Å²) in [6.07, 6.45) is 5.48. The average Bonchev–Trinajstić information content (AvgIpc) is 2.80. The van der Waals surface area contributed by atoms with E-state index < -0.39 is 0 Å². The molecule has 0 radical (unpaired) electrons. The SMILES string of the molecule is CONC(=O)N1CCC2(CCc3cc(-c4ccc5cccnc5c4C)ccc3O2)CC1. The predicted octanol–water partition coefficient (Wildman–Crippen LogP) is 4.64. The van der Waals surface area contributed by atoms with Gasteiger partial charge in [-0.1, -0.05) is 24.3 Å². The molecule has 2 aliphatic rings. The fourth-order valence-corrected chi connectivity index (χ4v) is 4.91. The number of rotatable bonds is 2. The molecule has 0 aliphatic carbocycles. The Balaban J connectivity index is 1.36. The summed E-state index contributed by atoms with van der Waals surface area (Å²) < 4.78 is 6.54. The third-order valence-electron chi connectivity index (χ3n) is 6.73. The molecule has 6 heteroatoms. The summed E-state index contributed by atoms with van der Waals surface area (Å²) in [5.74, 6) is 0.973. The van der Waals surface area contributed by atoms with E-state index in [9.17, 15) is 4.79 Å². The highest BCUT2D eigenvalue weighted by Gasteiger charge is 2.40. The van der Waals surface area contributed by atoms with Crippen LogP contribution in [0.1, 0.15) is 30.4 Å². The van der Waals surface area contributed by atoms with E-state index in [4.69, 9.17) is 9.57 Å². The number of carbonyl (C=O) groups excluding carboxylic acids is 1. The molecule has 1 aromatic heterocycles. The van der Waals surface area contributed by atoms with Crippen molar-refractivity contribution in [3.63, 3.8) is 0 Å². The highest BCUT2D eigenvalue weighted by molar-refractivity contribution is 5.88. The van der Waals surface area contributed by atoms with Gasteiger partial charge in [0.2, 0.25) is 0 Å². The summed E-state index contributed by atoms with van der Waals surface area (Å²) in [4.78, 5) is 23.1. The van der Waals surface area contributed by atoms with Crippen LogP contribution < -0.4 is 10.2 Å². The molecule has 2 amide bonds. The smallest absolute Gasteiger partial charge is 0.341 e. The van der Waals surface area contributed by atoms with Gasteiger partial charge in [0.15, 0.2) is 0 Å². The topological polar surface area (TPSA) is 63.7 Å². The third kappa shape index (κ3) is 3.61. The van der Waals surface area contributed by atoms with Crippen molar-refractivity contribution in [2.75, 3.05) is 20.2 Å². The number of hydrogen-bond donors (Lipinski definition) is 1. The van der Waals surface area contributed by atoms with Gasteiger partial charge in [-0.3, -0.25) is 9.82 Å². The minimum Gasteiger partial charge on any atom is -0.487 e. The summed E-state index contributed by atoms with van der Waals surface area (Å²) in [5.41, 5.74) is 8.15. The van der Waals surface area contributed by atoms with E-state index in [0.29, 0.717) is 13.1 Å². The lowest BCUT2D eigenvalue weighted by molar-refractivity contribution is -0.0107. The van der Waals surface area contributed by atoms with Crippen LogP contribution >= 0.6 is 0 Å². The number of aryl methyl sites for hydroxylation is 2. The standard InChI is InChI=1S/C25H27N3O3/c1-17-21(7-5-18-4-3-13-26-23(17)18)19-6-8-22-20(16-19)9-10-25(31-22)11-14-28(15-12-25)24(29)27-30-2/h3-8,13,16H,9-12,14-15H2,1-2H3,(H,27,29). The Kier molecular flexibility index (Phi) is 5.02. The van der Waals surface area contributed by atoms with E-state index in [2.05, 4.69) is 53.8 Å². The lowest BCUT2D eigenvalue weighted by atomic mass is 9.82. The largest absolute Gasteiger partial charge is 0.487 e. The van der Waals surface area contributed by atoms with Crippen LogP contribution in [0, 0.1) is 6.92 Å². The molecular weight excluding hydrogens is 390 g/mol. The molecule has 160 valence electrons. The van der Waals surface area contributed by atoms with Crippen LogP contribution in [-0.4, -0.2) is 41.7 Å². The molecule has 1 spiro atoms. The van der Waals surface area contributed by atoms with Gasteiger partial charge in [0.05, 0.1) is 12.6 Å². The molecule has 0 atom stereocenters. The lowest BCUT2D eigenvalue weighted by Gasteiger charge is -2.44. The van der Waals surface area contributed by atoms with E-state index in [1.54, 1.807) is 4.90 Å². The number of aromatic nitrogens is 1. The van der Waals surface area contributed by atoms with Gasteiger partial charge in [0.25, 0.3) is 0 Å². The maximum Gasteiger partial charge on any atom is 0.341 e. The van der Waals surface area contributed by atoms with Crippen LogP contribution in [0.4, 0.5) is 4.79 Å². The van der Waals surface area contributed by atoms with Crippen molar-refractivity contribution in [3.05, 3.63) is 59.8 Å². The van der Waals surface area contributed by atoms with E-state index in [-0.39, 0.29) is 11.6 Å². The number of fused-ring (bicyclic) bond motifs is 2. The first-order chi connectivity index (χ1) is 15.1. The average molecular weight is 418 g/mol. The Morgan fingerprint density at radius 3 is 2.81 bits per heavy atom. The van der Waals surface area contributed by atoms with Crippen molar-refractivity contribution in [2.24, 2.45) is 0 Å². The summed E-state index contributed by atoms with van der Waals surface area (Å²) >= 11 is 0. The molecule has 0 saturated carbocycles. The number of amides is 2. The van der Waals surface area contributed by atoms with Crippen molar-refractivity contribution < 1.29 is 14.4 Å². The predicted molar refractivity (Wildman–Crippen MR) is 120 cm³/mol. The second kappa shape index (κ2) is 7.85. The number of benzene rings is 2. The molecule has 6 nitrogen and oxygen atoms in total. The molecule has 3 aromatic rings. The Hall–Kier alpha value is -3.12. The zero-order chi connectivity index (χ0) is 21.4. The number of likely N-dealkylation sites (tertiary alicyclic amines) is 1. The summed E-state index contributed by atoms with van der Waals surface area (Å²) in [7, 11) is 1.45. The number of nitrogens with zero attached hydrogens (tertiary/aromatic N) is 2. The Labute approximate surface area is 182 Å². The number of ether oxygens (including phenoxy) is 1. The summed E-state index contributed by atoms with van der Waals surface area (Å²) in [5, 5.41) is 1.16. The zero-order valence-electron chi connectivity index (χ0n) is 18.0. The minimum atomic E-state index is -0.182. The van der Waals surface area contributed by atoms with Crippen molar-refractivity contribution in [1.29, 1.82) is 0 Å². The first kappa shape index (κ1) is 19.8. The number of pyridine rings is 1. The second-order valence-corrected chi connectivity index (χ2v) is 8.52. The van der Waals surface area contributed by atoms with Gasteiger partial charge >= 0.3 is 6.03 Å². The maximum absolute atomic E-state index is 12.0. The Morgan fingerprint density at radius 2 is 2.00 bits per heavy atom. The van der Waals surface area contributed by atoms with Crippen LogP contribution in [0.15, 0.2) is 48.7 Å². The highest BCUT2D eigenvalue weighted by atomic mass is 16.6. The van der Waals surface area contributed by atoms with E-state index in [1.165, 1.54) is 29.4 Å². The van der Waals surface area contributed by atoms with Crippen LogP contribution in [-0.2, 0) is 11.3 Å². The van der Waals surface area contributed by atoms with Gasteiger partial charge in [-0.2, -0.15) is 0 Å². The molecule has 2 aromatic carbocycles. The molecule has 1 N–H and O–H groups in total. The molecule has 3 heterocycles. The van der Waals surface area contributed by atoms with Gasteiger partial charge in [-0.05, 0) is 60.2 Å². The van der Waals surface area contributed by atoms with Crippen LogP contribution in [0.5, 0.6) is 5.75 Å². The van der Waals surface area contributed by atoms with Gasteiger partial charge < -0.3 is 9.64 Å². The Bertz CT molecular complexity index is 1140. The zero-order valence-corrected chi connectivity index (χ0v) is 18.0. The van der Waals surface area contributed by atoms with Crippen molar-refractivity contribution in [2.45, 2.75) is 38.2 Å². The van der Waals surface area contributed by atoms with Crippen LogP contribution in [0.2, 0.25) is 0 Å². The van der Waals surface area contributed by atoms with Crippen molar-refractivity contribution in [3.8, 4) is 16.9 Å². The van der Waals surface area contributed by atoms with Gasteiger partial charge in [-0.25, -0.2) is 10.3 Å². The fraction of sp³-hybridized carbons (Fsp3) is 0.360. The van der Waals surface area contributed by atoms with Gasteiger partial charge in [0, 0.05) is 37.5 Å². The summed E-state index contributed by atoms with van der Waals surface area (Å²) in [6, 6.07) is 14.7. The van der Waals surface area contributed by atoms with Crippen molar-refractivity contribution >= 4 is 16.9 Å². The minimum absolute atomic E-state index is 0.179. The third-order valence-corrected chi connectivity index (χ3v) is 6.73. The first-order valence-corrected chi connectivity index (χ1v) is 10.8. The Morgan fingerprint density at radius 1 is 1.16 bits per heavy atom. The lowest BCUT2D eigenvalue weighted by Crippen LogP contribution is -2.53. The van der Waals surface area contributed by atoms with E-state index in [1.807, 2.05) is 12.3 Å². The monoisotopic (exact) mass is 417 g/mol. The molecule has 31 heavy (non-hydrogen) atoms. The molecule has 1 saturated heterocycles. The number of urea groups is 1. The number of hydrogen-bond acceptors (Lipinski definition) is 4. The molecule has 1 fully saturated rings. The molecule has 5 rings (SSSR count). The molecule has 2 aliphatic heterocycles. The molecule has 0 unspecified atom stereocenters. The first-order valence-electron chi connectivity index (χ1n) is 10.8. The normalized spacial score (nSPS) is 17.3. The number of piperidine rings is 1. The number of nitrogens with one attached hydrogen (secondary N) is 1. The second-order valence-electron chi connectivity index (χ2n) is 8.52. The summed E-state index contributed by atoms with van der Waals surface area (Å²) in [6.45, 7) is 3.49. The van der Waals surface area contributed by atoms with E-state index in [0.717, 1.165) is 42.3 Å².